The van der Waals surface area contributed by atoms with Gasteiger partial charge < -0.3 is 9.63 Å². The van der Waals surface area contributed by atoms with Gasteiger partial charge in [0, 0.05) is 11.6 Å². The van der Waals surface area contributed by atoms with Crippen LogP contribution in [0, 0.1) is 6.92 Å². The lowest BCUT2D eigenvalue weighted by Gasteiger charge is -2.09. The molecular weight excluding hydrogens is 244 g/mol. The van der Waals surface area contributed by atoms with Crippen LogP contribution < -0.4 is 4.90 Å². The summed E-state index contributed by atoms with van der Waals surface area (Å²) >= 11 is 0. The molecule has 98 valence electrons. The van der Waals surface area contributed by atoms with Crippen LogP contribution in [0.3, 0.4) is 0 Å². The number of nitrogens with zero attached hydrogens (tertiary/aromatic N) is 2. The molecule has 0 aliphatic carbocycles. The van der Waals surface area contributed by atoms with Crippen molar-refractivity contribution in [3.63, 3.8) is 0 Å². The number of β-amino-alcohol motifs (C(OH)–C–C–N with tert-alkyl or cyclic N) is 1. The van der Waals surface area contributed by atoms with E-state index >= 15 is 0 Å². The smallest absolute Gasteiger partial charge is 0.234 e. The Morgan fingerprint density at radius 1 is 1.37 bits per heavy atom. The number of anilines is 1. The van der Waals surface area contributed by atoms with Gasteiger partial charge in [-0.2, -0.15) is 0 Å². The predicted molar refractivity (Wildman–Crippen MR) is 69.7 cm³/mol. The first kappa shape index (κ1) is 11.9. The van der Waals surface area contributed by atoms with E-state index in [0.29, 0.717) is 11.6 Å². The molecule has 1 aliphatic heterocycles. The van der Waals surface area contributed by atoms with E-state index in [-0.39, 0.29) is 18.9 Å². The number of aliphatic hydroxyl groups is 1. The molecule has 19 heavy (non-hydrogen) atoms. The fourth-order valence-electron chi connectivity index (χ4n) is 2.15. The molecule has 0 spiro atoms. The highest BCUT2D eigenvalue weighted by Gasteiger charge is 2.31. The van der Waals surface area contributed by atoms with Crippen LogP contribution in [0.4, 0.5) is 5.88 Å². The maximum atomic E-state index is 11.7. The monoisotopic (exact) mass is 258 g/mol. The normalized spacial score (nSPS) is 19.2. The number of aryl methyl sites for hydroxylation is 1. The largest absolute Gasteiger partial charge is 0.391 e. The molecule has 3 rings (SSSR count). The average molecular weight is 258 g/mol. The number of amides is 1. The summed E-state index contributed by atoms with van der Waals surface area (Å²) in [5.41, 5.74) is 2.79. The van der Waals surface area contributed by atoms with Crippen LogP contribution >= 0.6 is 0 Å². The molecule has 1 aliphatic rings. The molecule has 1 amide bonds. The number of aromatic nitrogens is 1. The van der Waals surface area contributed by atoms with Crippen molar-refractivity contribution in [2.45, 2.75) is 19.4 Å². The SMILES string of the molecule is Cc1ccc(-c2cc(N3CC(O)CC3=O)on2)cc1. The van der Waals surface area contributed by atoms with Crippen molar-refractivity contribution < 1.29 is 14.4 Å². The summed E-state index contributed by atoms with van der Waals surface area (Å²) in [4.78, 5) is 13.1. The number of rotatable bonds is 2. The van der Waals surface area contributed by atoms with Crippen molar-refractivity contribution in [2.75, 3.05) is 11.4 Å². The first-order chi connectivity index (χ1) is 9.13. The Morgan fingerprint density at radius 2 is 2.11 bits per heavy atom. The molecule has 1 N–H and O–H groups in total. The van der Waals surface area contributed by atoms with Crippen molar-refractivity contribution in [3.8, 4) is 11.3 Å². The third-order valence-corrected chi connectivity index (χ3v) is 3.22. The van der Waals surface area contributed by atoms with Crippen molar-refractivity contribution >= 4 is 11.8 Å². The van der Waals surface area contributed by atoms with Gasteiger partial charge in [-0.1, -0.05) is 35.0 Å². The highest BCUT2D eigenvalue weighted by atomic mass is 16.5. The Labute approximate surface area is 110 Å². The summed E-state index contributed by atoms with van der Waals surface area (Å²) in [5, 5.41) is 13.4. The van der Waals surface area contributed by atoms with E-state index in [9.17, 15) is 9.90 Å². The van der Waals surface area contributed by atoms with Crippen LogP contribution in [0.15, 0.2) is 34.9 Å². The molecule has 5 nitrogen and oxygen atoms in total. The van der Waals surface area contributed by atoms with E-state index in [1.54, 1.807) is 6.07 Å². The first-order valence-corrected chi connectivity index (χ1v) is 6.15. The van der Waals surface area contributed by atoms with Gasteiger partial charge in [0.1, 0.15) is 5.69 Å². The molecule has 0 saturated carbocycles. The van der Waals surface area contributed by atoms with Crippen molar-refractivity contribution in [3.05, 3.63) is 35.9 Å². The molecule has 1 aromatic carbocycles. The summed E-state index contributed by atoms with van der Waals surface area (Å²) < 4.78 is 5.20. The van der Waals surface area contributed by atoms with Gasteiger partial charge in [-0.3, -0.25) is 9.69 Å². The molecule has 0 bridgehead atoms. The van der Waals surface area contributed by atoms with Gasteiger partial charge in [0.05, 0.1) is 19.1 Å². The van der Waals surface area contributed by atoms with Gasteiger partial charge in [0.25, 0.3) is 0 Å². The summed E-state index contributed by atoms with van der Waals surface area (Å²) in [7, 11) is 0. The summed E-state index contributed by atoms with van der Waals surface area (Å²) in [5.74, 6) is 0.247. The van der Waals surface area contributed by atoms with Gasteiger partial charge in [-0.05, 0) is 6.92 Å². The summed E-state index contributed by atoms with van der Waals surface area (Å²) in [6.07, 6.45) is -0.485. The maximum Gasteiger partial charge on any atom is 0.234 e. The number of hydrogen-bond acceptors (Lipinski definition) is 4. The van der Waals surface area contributed by atoms with Crippen molar-refractivity contribution in [1.82, 2.24) is 5.16 Å². The zero-order chi connectivity index (χ0) is 13.4. The zero-order valence-corrected chi connectivity index (χ0v) is 10.5. The zero-order valence-electron chi connectivity index (χ0n) is 10.5. The van der Waals surface area contributed by atoms with Gasteiger partial charge in [-0.15, -0.1) is 0 Å². The molecular formula is C14H14N2O3. The number of carbonyl (C=O) groups is 1. The predicted octanol–water partition coefficient (Wildman–Crippen LogP) is 1.75. The third-order valence-electron chi connectivity index (χ3n) is 3.22. The fraction of sp³-hybridized carbons (Fsp3) is 0.286. The van der Waals surface area contributed by atoms with Crippen LogP contribution in [0.1, 0.15) is 12.0 Å². The van der Waals surface area contributed by atoms with Crippen LogP contribution in [-0.4, -0.2) is 28.8 Å². The number of carbonyl (C=O) groups excluding carboxylic acids is 1. The Hall–Kier alpha value is -2.14. The number of hydrogen-bond donors (Lipinski definition) is 1. The van der Waals surface area contributed by atoms with Gasteiger partial charge in [-0.25, -0.2) is 0 Å². The third kappa shape index (κ3) is 2.24. The highest BCUT2D eigenvalue weighted by molar-refractivity contribution is 5.95. The molecule has 1 atom stereocenters. The second kappa shape index (κ2) is 4.51. The van der Waals surface area contributed by atoms with Gasteiger partial charge >= 0.3 is 0 Å². The average Bonchev–Trinajstić information content (AvgIpc) is 2.97. The van der Waals surface area contributed by atoms with Crippen molar-refractivity contribution in [1.29, 1.82) is 0 Å². The van der Waals surface area contributed by atoms with Crippen LogP contribution in [-0.2, 0) is 4.79 Å². The maximum absolute atomic E-state index is 11.7. The number of benzene rings is 1. The molecule has 2 aromatic rings. The van der Waals surface area contributed by atoms with Crippen LogP contribution in [0.25, 0.3) is 11.3 Å². The van der Waals surface area contributed by atoms with E-state index in [1.807, 2.05) is 31.2 Å². The van der Waals surface area contributed by atoms with Crippen LogP contribution in [0.2, 0.25) is 0 Å². The molecule has 5 heteroatoms. The Kier molecular flexibility index (Phi) is 2.83. The minimum absolute atomic E-state index is 0.139. The summed E-state index contributed by atoms with van der Waals surface area (Å²) in [6.45, 7) is 2.28. The topological polar surface area (TPSA) is 66.6 Å². The standard InChI is InChI=1S/C14H14N2O3/c1-9-2-4-10(5-3-9)12-7-14(19-15-12)16-8-11(17)6-13(16)18/h2-5,7,11,17H,6,8H2,1H3. The molecule has 1 saturated heterocycles. The fourth-order valence-corrected chi connectivity index (χ4v) is 2.15. The molecule has 0 radical (unpaired) electrons. The molecule has 1 fully saturated rings. The Balaban J connectivity index is 1.87. The molecule has 1 unspecified atom stereocenters. The second-order valence-corrected chi connectivity index (χ2v) is 4.78. The molecule has 1 aromatic heterocycles. The Bertz CT molecular complexity index is 603. The first-order valence-electron chi connectivity index (χ1n) is 6.15. The van der Waals surface area contributed by atoms with Crippen molar-refractivity contribution in [2.24, 2.45) is 0 Å². The highest BCUT2D eigenvalue weighted by Crippen LogP contribution is 2.27. The van der Waals surface area contributed by atoms with Crippen LogP contribution in [0.5, 0.6) is 0 Å². The second-order valence-electron chi connectivity index (χ2n) is 4.78. The minimum atomic E-state index is -0.625. The number of aliphatic hydroxyl groups excluding tert-OH is 1. The van der Waals surface area contributed by atoms with Gasteiger partial charge in [0.15, 0.2) is 0 Å². The lowest BCUT2D eigenvalue weighted by molar-refractivity contribution is -0.117. The van der Waals surface area contributed by atoms with Gasteiger partial charge in [0.2, 0.25) is 11.8 Å². The molecule has 2 heterocycles. The van der Waals surface area contributed by atoms with E-state index in [4.69, 9.17) is 4.52 Å². The summed E-state index contributed by atoms with van der Waals surface area (Å²) in [6, 6.07) is 9.62. The van der Waals surface area contributed by atoms with E-state index in [1.165, 1.54) is 10.5 Å². The lowest BCUT2D eigenvalue weighted by atomic mass is 10.1. The Morgan fingerprint density at radius 3 is 2.74 bits per heavy atom. The lowest BCUT2D eigenvalue weighted by Crippen LogP contribution is -2.24. The quantitative estimate of drug-likeness (QED) is 0.891. The van der Waals surface area contributed by atoms with E-state index in [2.05, 4.69) is 5.16 Å². The van der Waals surface area contributed by atoms with E-state index in [0.717, 1.165) is 5.56 Å². The van der Waals surface area contributed by atoms with E-state index < -0.39 is 6.10 Å². The minimum Gasteiger partial charge on any atom is -0.391 e.